The smallest absolute Gasteiger partial charge is 0.165 e. The van der Waals surface area contributed by atoms with Gasteiger partial charge in [0, 0.05) is 12.1 Å². The summed E-state index contributed by atoms with van der Waals surface area (Å²) in [6.45, 7) is 2.74. The molecule has 1 aromatic heterocycles. The number of rotatable bonds is 6. The first-order chi connectivity index (χ1) is 9.26. The third kappa shape index (κ3) is 3.09. The monoisotopic (exact) mass is 261 g/mol. The van der Waals surface area contributed by atoms with Crippen LogP contribution in [0.4, 0.5) is 0 Å². The van der Waals surface area contributed by atoms with Crippen LogP contribution in [0.2, 0.25) is 0 Å². The van der Waals surface area contributed by atoms with Crippen LogP contribution in [0.15, 0.2) is 41.0 Å². The van der Waals surface area contributed by atoms with E-state index >= 15 is 0 Å². The fraction of sp³-hybridized carbons (Fsp3) is 0.333. The Morgan fingerprint density at radius 2 is 2.00 bits per heavy atom. The molecule has 1 N–H and O–H groups in total. The van der Waals surface area contributed by atoms with E-state index in [-0.39, 0.29) is 6.04 Å². The van der Waals surface area contributed by atoms with Gasteiger partial charge >= 0.3 is 0 Å². The molecule has 1 heterocycles. The Labute approximate surface area is 113 Å². The molecule has 0 radical (unpaired) electrons. The van der Waals surface area contributed by atoms with Crippen LogP contribution in [-0.2, 0) is 6.54 Å². The molecule has 2 aromatic rings. The summed E-state index contributed by atoms with van der Waals surface area (Å²) in [6, 6.07) is 9.85. The van der Waals surface area contributed by atoms with Crippen molar-refractivity contribution < 1.29 is 13.9 Å². The number of furan rings is 1. The molecule has 0 saturated heterocycles. The van der Waals surface area contributed by atoms with Crippen LogP contribution in [0.3, 0.4) is 0 Å². The first-order valence-corrected chi connectivity index (χ1v) is 6.23. The Bertz CT molecular complexity index is 508. The van der Waals surface area contributed by atoms with Crippen molar-refractivity contribution in [1.82, 2.24) is 5.32 Å². The van der Waals surface area contributed by atoms with Gasteiger partial charge < -0.3 is 19.2 Å². The van der Waals surface area contributed by atoms with Crippen LogP contribution in [0.1, 0.15) is 24.3 Å². The first kappa shape index (κ1) is 13.5. The van der Waals surface area contributed by atoms with E-state index < -0.39 is 0 Å². The van der Waals surface area contributed by atoms with Crippen molar-refractivity contribution in [2.45, 2.75) is 19.5 Å². The molecule has 0 aliphatic carbocycles. The van der Waals surface area contributed by atoms with Gasteiger partial charge in [0.05, 0.1) is 26.5 Å². The lowest BCUT2D eigenvalue weighted by Gasteiger charge is -2.15. The summed E-state index contributed by atoms with van der Waals surface area (Å²) in [5.74, 6) is 2.43. The van der Waals surface area contributed by atoms with Crippen molar-refractivity contribution in [3.05, 3.63) is 47.9 Å². The van der Waals surface area contributed by atoms with E-state index in [9.17, 15) is 0 Å². The lowest BCUT2D eigenvalue weighted by molar-refractivity contribution is 0.349. The Morgan fingerprint density at radius 3 is 2.63 bits per heavy atom. The van der Waals surface area contributed by atoms with E-state index in [1.165, 1.54) is 0 Å². The third-order valence-electron chi connectivity index (χ3n) is 3.05. The summed E-state index contributed by atoms with van der Waals surface area (Å²) in [7, 11) is 3.29. The van der Waals surface area contributed by atoms with E-state index in [2.05, 4.69) is 12.2 Å². The summed E-state index contributed by atoms with van der Waals surface area (Å²) in [4.78, 5) is 0. The molecule has 4 nitrogen and oxygen atoms in total. The number of para-hydroxylation sites is 1. The second-order valence-corrected chi connectivity index (χ2v) is 4.27. The Hall–Kier alpha value is -1.94. The van der Waals surface area contributed by atoms with Gasteiger partial charge in [0.2, 0.25) is 0 Å². The molecule has 0 bridgehead atoms. The van der Waals surface area contributed by atoms with Crippen molar-refractivity contribution in [1.29, 1.82) is 0 Å². The molecule has 1 aromatic carbocycles. The van der Waals surface area contributed by atoms with Crippen molar-refractivity contribution in [2.24, 2.45) is 0 Å². The fourth-order valence-electron chi connectivity index (χ4n) is 1.99. The van der Waals surface area contributed by atoms with Crippen molar-refractivity contribution in [3.8, 4) is 11.5 Å². The maximum atomic E-state index is 5.40. The summed E-state index contributed by atoms with van der Waals surface area (Å²) >= 11 is 0. The number of methoxy groups -OCH3 is 2. The molecule has 4 heteroatoms. The second kappa shape index (κ2) is 6.29. The highest BCUT2D eigenvalue weighted by atomic mass is 16.5. The molecule has 0 aliphatic rings. The van der Waals surface area contributed by atoms with Gasteiger partial charge in [-0.05, 0) is 25.1 Å². The molecule has 0 spiro atoms. The molecular formula is C15H19NO3. The summed E-state index contributed by atoms with van der Waals surface area (Å²) in [5, 5.41) is 3.40. The van der Waals surface area contributed by atoms with Crippen LogP contribution >= 0.6 is 0 Å². The number of ether oxygens (including phenoxy) is 2. The van der Waals surface area contributed by atoms with E-state index in [0.29, 0.717) is 6.54 Å². The van der Waals surface area contributed by atoms with Crippen LogP contribution in [0.5, 0.6) is 11.5 Å². The van der Waals surface area contributed by atoms with Crippen molar-refractivity contribution in [3.63, 3.8) is 0 Å². The Morgan fingerprint density at radius 1 is 1.16 bits per heavy atom. The van der Waals surface area contributed by atoms with Gasteiger partial charge in [-0.2, -0.15) is 0 Å². The van der Waals surface area contributed by atoms with E-state index in [1.807, 2.05) is 30.3 Å². The summed E-state index contributed by atoms with van der Waals surface area (Å²) in [5.41, 5.74) is 1.06. The third-order valence-corrected chi connectivity index (χ3v) is 3.05. The molecular weight excluding hydrogens is 242 g/mol. The van der Waals surface area contributed by atoms with E-state index in [4.69, 9.17) is 13.9 Å². The summed E-state index contributed by atoms with van der Waals surface area (Å²) in [6.07, 6.45) is 1.68. The van der Waals surface area contributed by atoms with Gasteiger partial charge in [0.25, 0.3) is 0 Å². The van der Waals surface area contributed by atoms with Crippen LogP contribution in [0, 0.1) is 0 Å². The van der Waals surface area contributed by atoms with Gasteiger partial charge in [0.15, 0.2) is 11.5 Å². The largest absolute Gasteiger partial charge is 0.493 e. The lowest BCUT2D eigenvalue weighted by Crippen LogP contribution is -2.18. The zero-order valence-electron chi connectivity index (χ0n) is 11.5. The number of hydrogen-bond donors (Lipinski definition) is 1. The Balaban J connectivity index is 2.07. The zero-order valence-corrected chi connectivity index (χ0v) is 11.5. The lowest BCUT2D eigenvalue weighted by atomic mass is 10.1. The molecule has 0 amide bonds. The molecule has 1 unspecified atom stereocenters. The molecule has 19 heavy (non-hydrogen) atoms. The second-order valence-electron chi connectivity index (χ2n) is 4.27. The van der Waals surface area contributed by atoms with Crippen LogP contribution in [-0.4, -0.2) is 14.2 Å². The summed E-state index contributed by atoms with van der Waals surface area (Å²) < 4.78 is 16.1. The van der Waals surface area contributed by atoms with Crippen molar-refractivity contribution >= 4 is 0 Å². The van der Waals surface area contributed by atoms with Gasteiger partial charge in [0.1, 0.15) is 5.76 Å². The molecule has 0 saturated carbocycles. The fourth-order valence-corrected chi connectivity index (χ4v) is 1.99. The van der Waals surface area contributed by atoms with Gasteiger partial charge in [-0.1, -0.05) is 12.1 Å². The average Bonchev–Trinajstić information content (AvgIpc) is 2.98. The van der Waals surface area contributed by atoms with Gasteiger partial charge in [-0.15, -0.1) is 0 Å². The minimum absolute atomic E-state index is 0.144. The maximum absolute atomic E-state index is 5.40. The number of hydrogen-bond acceptors (Lipinski definition) is 4. The predicted octanol–water partition coefficient (Wildman–Crippen LogP) is 3.15. The predicted molar refractivity (Wildman–Crippen MR) is 73.5 cm³/mol. The van der Waals surface area contributed by atoms with Crippen LogP contribution < -0.4 is 14.8 Å². The highest BCUT2D eigenvalue weighted by molar-refractivity contribution is 5.46. The van der Waals surface area contributed by atoms with E-state index in [0.717, 1.165) is 22.8 Å². The molecule has 0 aliphatic heterocycles. The van der Waals surface area contributed by atoms with Crippen molar-refractivity contribution in [2.75, 3.05) is 14.2 Å². The highest BCUT2D eigenvalue weighted by Crippen LogP contribution is 2.30. The molecule has 2 rings (SSSR count). The average molecular weight is 261 g/mol. The molecule has 0 fully saturated rings. The van der Waals surface area contributed by atoms with E-state index in [1.54, 1.807) is 20.5 Å². The standard InChI is InChI=1S/C15H19NO3/c1-11(13-8-5-9-19-13)16-10-12-6-4-7-14(17-2)15(12)18-3/h4-9,11,16H,10H2,1-3H3. The SMILES string of the molecule is COc1cccc(CNC(C)c2ccco2)c1OC. The topological polar surface area (TPSA) is 43.6 Å². The minimum atomic E-state index is 0.144. The Kier molecular flexibility index (Phi) is 4.47. The molecule has 1 atom stereocenters. The number of benzene rings is 1. The van der Waals surface area contributed by atoms with Crippen LogP contribution in [0.25, 0.3) is 0 Å². The first-order valence-electron chi connectivity index (χ1n) is 6.23. The zero-order chi connectivity index (χ0) is 13.7. The highest BCUT2D eigenvalue weighted by Gasteiger charge is 2.12. The minimum Gasteiger partial charge on any atom is -0.493 e. The van der Waals surface area contributed by atoms with Gasteiger partial charge in [-0.3, -0.25) is 0 Å². The number of nitrogens with one attached hydrogen (secondary N) is 1. The maximum Gasteiger partial charge on any atom is 0.165 e. The molecule has 102 valence electrons. The quantitative estimate of drug-likeness (QED) is 0.867. The normalized spacial score (nSPS) is 12.2. The van der Waals surface area contributed by atoms with Gasteiger partial charge in [-0.25, -0.2) is 0 Å².